The number of amides is 1. The molecule has 2 aliphatic rings. The van der Waals surface area contributed by atoms with Gasteiger partial charge in [0, 0.05) is 61.8 Å². The second kappa shape index (κ2) is 12.1. The fourth-order valence-corrected chi connectivity index (χ4v) is 6.33. The molecule has 0 bridgehead atoms. The van der Waals surface area contributed by atoms with Crippen molar-refractivity contribution < 1.29 is 29.0 Å². The van der Waals surface area contributed by atoms with Crippen LogP contribution in [0.1, 0.15) is 74.5 Å². The lowest BCUT2D eigenvalue weighted by atomic mass is 9.75. The van der Waals surface area contributed by atoms with Crippen molar-refractivity contribution in [2.24, 2.45) is 11.8 Å². The number of aliphatic carboxylic acids is 1. The van der Waals surface area contributed by atoms with Gasteiger partial charge < -0.3 is 24.0 Å². The van der Waals surface area contributed by atoms with E-state index < -0.39 is 18.0 Å². The lowest BCUT2D eigenvalue weighted by molar-refractivity contribution is -0.142. The summed E-state index contributed by atoms with van der Waals surface area (Å²) in [6, 6.07) is 5.46. The number of ether oxygens (including phenoxy) is 2. The van der Waals surface area contributed by atoms with Crippen LogP contribution in [0.3, 0.4) is 0 Å². The molecule has 1 amide bonds. The predicted octanol–water partition coefficient (Wildman–Crippen LogP) is 4.45. The summed E-state index contributed by atoms with van der Waals surface area (Å²) >= 11 is 0. The van der Waals surface area contributed by atoms with Crippen LogP contribution in [0.2, 0.25) is 0 Å². The SMILES string of the molecule is CCN(C(=O)c1ccc2c(c1)c1c(n2CC)CC[C@@H](C2CCOCC2)C1)[C@@H](CCC(=O)O)COC(C)=O. The van der Waals surface area contributed by atoms with E-state index in [4.69, 9.17) is 9.47 Å². The highest BCUT2D eigenvalue weighted by molar-refractivity contribution is 5.99. The van der Waals surface area contributed by atoms with Gasteiger partial charge in [0.05, 0.1) is 6.04 Å². The Labute approximate surface area is 218 Å². The van der Waals surface area contributed by atoms with E-state index in [9.17, 15) is 19.5 Å². The zero-order chi connectivity index (χ0) is 26.5. The van der Waals surface area contributed by atoms with Crippen LogP contribution in [0.25, 0.3) is 10.9 Å². The molecule has 2 atom stereocenters. The quantitative estimate of drug-likeness (QED) is 0.472. The number of carbonyl (C=O) groups is 3. The third-order valence-corrected chi connectivity index (χ3v) is 8.21. The van der Waals surface area contributed by atoms with Crippen molar-refractivity contribution in [3.05, 3.63) is 35.0 Å². The van der Waals surface area contributed by atoms with Gasteiger partial charge in [-0.15, -0.1) is 0 Å². The largest absolute Gasteiger partial charge is 0.481 e. The minimum absolute atomic E-state index is 0.0150. The minimum Gasteiger partial charge on any atom is -0.481 e. The van der Waals surface area contributed by atoms with Gasteiger partial charge in [-0.05, 0) is 88.0 Å². The average Bonchev–Trinajstić information content (AvgIpc) is 3.22. The Morgan fingerprint density at radius 2 is 1.92 bits per heavy atom. The Morgan fingerprint density at radius 1 is 1.16 bits per heavy atom. The number of esters is 1. The van der Waals surface area contributed by atoms with Gasteiger partial charge in [0.2, 0.25) is 0 Å². The first-order chi connectivity index (χ1) is 17.8. The molecule has 0 spiro atoms. The highest BCUT2D eigenvalue weighted by Crippen LogP contribution is 2.40. The molecule has 2 aromatic rings. The Bertz CT molecular complexity index is 1120. The van der Waals surface area contributed by atoms with Gasteiger partial charge in [-0.3, -0.25) is 14.4 Å². The molecule has 4 rings (SSSR count). The van der Waals surface area contributed by atoms with E-state index in [0.717, 1.165) is 50.8 Å². The number of hydrogen-bond acceptors (Lipinski definition) is 5. The average molecular weight is 513 g/mol. The van der Waals surface area contributed by atoms with E-state index in [1.807, 2.05) is 19.1 Å². The highest BCUT2D eigenvalue weighted by Gasteiger charge is 2.32. The van der Waals surface area contributed by atoms with Crippen molar-refractivity contribution in [2.75, 3.05) is 26.4 Å². The van der Waals surface area contributed by atoms with Gasteiger partial charge >= 0.3 is 11.9 Å². The van der Waals surface area contributed by atoms with Crippen LogP contribution in [-0.2, 0) is 38.4 Å². The second-order valence-corrected chi connectivity index (χ2v) is 10.3. The number of carboxylic acids is 1. The van der Waals surface area contributed by atoms with Gasteiger partial charge in [0.15, 0.2) is 0 Å². The summed E-state index contributed by atoms with van der Waals surface area (Å²) in [5.74, 6) is -0.218. The zero-order valence-corrected chi connectivity index (χ0v) is 22.3. The monoisotopic (exact) mass is 512 g/mol. The van der Waals surface area contributed by atoms with Crippen molar-refractivity contribution in [2.45, 2.75) is 78.3 Å². The van der Waals surface area contributed by atoms with Crippen molar-refractivity contribution in [3.8, 4) is 0 Å². The first-order valence-corrected chi connectivity index (χ1v) is 13.7. The van der Waals surface area contributed by atoms with E-state index in [1.54, 1.807) is 4.90 Å². The summed E-state index contributed by atoms with van der Waals surface area (Å²) in [4.78, 5) is 38.0. The van der Waals surface area contributed by atoms with Crippen LogP contribution >= 0.6 is 0 Å². The predicted molar refractivity (Wildman–Crippen MR) is 141 cm³/mol. The molecule has 8 nitrogen and oxygen atoms in total. The van der Waals surface area contributed by atoms with E-state index >= 15 is 0 Å². The molecule has 1 fully saturated rings. The molecule has 37 heavy (non-hydrogen) atoms. The summed E-state index contributed by atoms with van der Waals surface area (Å²) in [5, 5.41) is 10.4. The van der Waals surface area contributed by atoms with Crippen LogP contribution in [0.15, 0.2) is 18.2 Å². The first-order valence-electron chi connectivity index (χ1n) is 13.7. The normalized spacial score (nSPS) is 18.8. The molecule has 0 radical (unpaired) electrons. The molecule has 0 saturated carbocycles. The van der Waals surface area contributed by atoms with E-state index in [0.29, 0.717) is 23.9 Å². The van der Waals surface area contributed by atoms with Crippen LogP contribution < -0.4 is 0 Å². The third kappa shape index (κ3) is 6.00. The smallest absolute Gasteiger partial charge is 0.303 e. The van der Waals surface area contributed by atoms with Gasteiger partial charge in [-0.1, -0.05) is 0 Å². The van der Waals surface area contributed by atoms with E-state index in [1.165, 1.54) is 30.1 Å². The lowest BCUT2D eigenvalue weighted by Gasteiger charge is -2.33. The zero-order valence-electron chi connectivity index (χ0n) is 22.3. The molecule has 1 aromatic carbocycles. The number of likely N-dealkylation sites (N-methyl/N-ethyl adjacent to an activating group) is 1. The number of nitrogens with zero attached hydrogens (tertiary/aromatic N) is 2. The standard InChI is InChI=1S/C29H40N2O6/c1-4-30(23(8-11-28(33)34)18-37-19(3)32)29(35)22-7-10-27-25(17-22)24-16-21(20-12-14-36-15-13-20)6-9-26(24)31(27)5-2/h7,10,17,20-21,23H,4-6,8-9,11-16,18H2,1-3H3,(H,33,34)/t21-,23+/m1/s1. The molecular weight excluding hydrogens is 472 g/mol. The van der Waals surface area contributed by atoms with Crippen molar-refractivity contribution in [1.29, 1.82) is 0 Å². The van der Waals surface area contributed by atoms with E-state index in [2.05, 4.69) is 17.6 Å². The lowest BCUT2D eigenvalue weighted by Crippen LogP contribution is -2.43. The van der Waals surface area contributed by atoms with Gasteiger partial charge in [0.1, 0.15) is 6.61 Å². The van der Waals surface area contributed by atoms with Gasteiger partial charge in [-0.2, -0.15) is 0 Å². The molecule has 1 saturated heterocycles. The molecular formula is C29H40N2O6. The van der Waals surface area contributed by atoms with Crippen LogP contribution in [0.4, 0.5) is 0 Å². The second-order valence-electron chi connectivity index (χ2n) is 10.3. The maximum absolute atomic E-state index is 13.7. The van der Waals surface area contributed by atoms with Gasteiger partial charge in [-0.25, -0.2) is 0 Å². The van der Waals surface area contributed by atoms with Crippen LogP contribution in [0.5, 0.6) is 0 Å². The number of fused-ring (bicyclic) bond motifs is 3. The number of aryl methyl sites for hydroxylation is 1. The summed E-state index contributed by atoms with van der Waals surface area (Å²) in [7, 11) is 0. The topological polar surface area (TPSA) is 98.1 Å². The molecule has 0 unspecified atom stereocenters. The molecule has 202 valence electrons. The van der Waals surface area contributed by atoms with Crippen LogP contribution in [-0.4, -0.2) is 64.8 Å². The highest BCUT2D eigenvalue weighted by atomic mass is 16.5. The summed E-state index contributed by atoms with van der Waals surface area (Å²) < 4.78 is 13.2. The Hall–Kier alpha value is -2.87. The fourth-order valence-electron chi connectivity index (χ4n) is 6.33. The maximum atomic E-state index is 13.7. The van der Waals surface area contributed by atoms with E-state index in [-0.39, 0.29) is 25.4 Å². The number of benzene rings is 1. The van der Waals surface area contributed by atoms with Gasteiger partial charge in [0.25, 0.3) is 5.91 Å². The summed E-state index contributed by atoms with van der Waals surface area (Å²) in [5.41, 5.74) is 4.52. The minimum atomic E-state index is -0.940. The molecule has 1 aliphatic heterocycles. The molecule has 1 aliphatic carbocycles. The molecule has 1 aromatic heterocycles. The number of aromatic nitrogens is 1. The maximum Gasteiger partial charge on any atom is 0.303 e. The molecule has 8 heteroatoms. The van der Waals surface area contributed by atoms with Crippen molar-refractivity contribution in [1.82, 2.24) is 9.47 Å². The fraction of sp³-hybridized carbons (Fsp3) is 0.621. The number of hydrogen-bond donors (Lipinski definition) is 1. The Morgan fingerprint density at radius 3 is 2.57 bits per heavy atom. The summed E-state index contributed by atoms with van der Waals surface area (Å²) in [6.07, 6.45) is 5.67. The molecule has 2 heterocycles. The number of carbonyl (C=O) groups excluding carboxylic acids is 2. The third-order valence-electron chi connectivity index (χ3n) is 8.21. The number of rotatable bonds is 10. The van der Waals surface area contributed by atoms with Crippen molar-refractivity contribution >= 4 is 28.7 Å². The summed E-state index contributed by atoms with van der Waals surface area (Å²) in [6.45, 7) is 8.33. The van der Waals surface area contributed by atoms with Crippen LogP contribution in [0, 0.1) is 11.8 Å². The molecule has 1 N–H and O–H groups in total. The Kier molecular flexibility index (Phi) is 8.90. The Balaban J connectivity index is 1.64. The first kappa shape index (κ1) is 27.2. The van der Waals surface area contributed by atoms with Crippen molar-refractivity contribution in [3.63, 3.8) is 0 Å². The number of carboxylic acid groups (broad SMARTS) is 1.